The van der Waals surface area contributed by atoms with E-state index in [1.165, 1.54) is 0 Å². The molecule has 0 bridgehead atoms. The molecule has 0 aromatic carbocycles. The summed E-state index contributed by atoms with van der Waals surface area (Å²) in [5, 5.41) is 4.46. The van der Waals surface area contributed by atoms with E-state index in [-0.39, 0.29) is 5.91 Å². The Balaban J connectivity index is 1.29. The number of nitrogens with zero attached hydrogens (tertiary/aromatic N) is 7. The number of imidazole rings is 1. The average molecular weight is 416 g/mol. The van der Waals surface area contributed by atoms with E-state index in [1.807, 2.05) is 61.6 Å². The van der Waals surface area contributed by atoms with E-state index in [2.05, 4.69) is 24.6 Å². The summed E-state index contributed by atoms with van der Waals surface area (Å²) in [5.41, 5.74) is 4.12. The van der Waals surface area contributed by atoms with E-state index < -0.39 is 0 Å². The Morgan fingerprint density at radius 3 is 2.71 bits per heavy atom. The zero-order valence-electron chi connectivity index (χ0n) is 17.8. The van der Waals surface area contributed by atoms with Gasteiger partial charge in [-0.1, -0.05) is 6.07 Å². The molecule has 0 aliphatic carbocycles. The van der Waals surface area contributed by atoms with Gasteiger partial charge in [-0.15, -0.1) is 0 Å². The van der Waals surface area contributed by atoms with Crippen molar-refractivity contribution in [2.24, 2.45) is 0 Å². The number of pyridine rings is 1. The summed E-state index contributed by atoms with van der Waals surface area (Å²) in [5.74, 6) is 1.43. The van der Waals surface area contributed by atoms with Crippen molar-refractivity contribution < 1.29 is 4.79 Å². The molecule has 1 aliphatic rings. The highest BCUT2D eigenvalue weighted by molar-refractivity contribution is 5.95. The molecule has 0 atom stereocenters. The highest BCUT2D eigenvalue weighted by atomic mass is 16.2. The van der Waals surface area contributed by atoms with Crippen molar-refractivity contribution in [1.82, 2.24) is 34.0 Å². The van der Waals surface area contributed by atoms with Crippen molar-refractivity contribution >= 4 is 11.6 Å². The number of carbonyl (C=O) groups excluding carboxylic acids is 1. The lowest BCUT2D eigenvalue weighted by atomic mass is 9.95. The number of piperidine rings is 1. The molecule has 1 aliphatic heterocycles. The van der Waals surface area contributed by atoms with Gasteiger partial charge in [0.25, 0.3) is 5.91 Å². The van der Waals surface area contributed by atoms with Gasteiger partial charge in [-0.3, -0.25) is 9.78 Å². The van der Waals surface area contributed by atoms with Gasteiger partial charge in [0.05, 0.1) is 29.2 Å². The number of amides is 1. The summed E-state index contributed by atoms with van der Waals surface area (Å²) in [6, 6.07) is 7.87. The molecule has 1 fully saturated rings. The molecule has 0 saturated carbocycles. The van der Waals surface area contributed by atoms with Gasteiger partial charge < -0.3 is 9.47 Å². The molecule has 1 amide bonds. The molecule has 0 N–H and O–H groups in total. The zero-order chi connectivity index (χ0) is 21.4. The van der Waals surface area contributed by atoms with Crippen molar-refractivity contribution in [2.75, 3.05) is 13.1 Å². The molecule has 5 heterocycles. The molecule has 4 aromatic heterocycles. The molecule has 0 radical (unpaired) electrons. The summed E-state index contributed by atoms with van der Waals surface area (Å²) in [6.45, 7) is 5.97. The lowest BCUT2D eigenvalue weighted by molar-refractivity contribution is 0.0708. The summed E-state index contributed by atoms with van der Waals surface area (Å²) >= 11 is 0. The van der Waals surface area contributed by atoms with Crippen LogP contribution in [-0.4, -0.2) is 53.0 Å². The second kappa shape index (κ2) is 7.94. The number of fused-ring (bicyclic) bond motifs is 1. The van der Waals surface area contributed by atoms with Crippen LogP contribution in [0.4, 0.5) is 0 Å². The minimum atomic E-state index is 0.0235. The summed E-state index contributed by atoms with van der Waals surface area (Å²) in [4.78, 5) is 28.6. The second-order valence-corrected chi connectivity index (χ2v) is 8.11. The highest BCUT2D eigenvalue weighted by Gasteiger charge is 2.28. The molecule has 4 aromatic rings. The van der Waals surface area contributed by atoms with E-state index >= 15 is 0 Å². The predicted octanol–water partition coefficient (Wildman–Crippen LogP) is 3.01. The number of carbonyl (C=O) groups is 1. The number of likely N-dealkylation sites (tertiary alicyclic amines) is 1. The van der Waals surface area contributed by atoms with Crippen molar-refractivity contribution in [3.63, 3.8) is 0 Å². The highest BCUT2D eigenvalue weighted by Crippen LogP contribution is 2.28. The van der Waals surface area contributed by atoms with Crippen LogP contribution in [0.3, 0.4) is 0 Å². The molecule has 0 spiro atoms. The molecule has 0 unspecified atom stereocenters. The summed E-state index contributed by atoms with van der Waals surface area (Å²) < 4.78 is 3.93. The molecular weight excluding hydrogens is 390 g/mol. The van der Waals surface area contributed by atoms with E-state index in [9.17, 15) is 4.79 Å². The minimum Gasteiger partial charge on any atom is -0.338 e. The Labute approximate surface area is 180 Å². The van der Waals surface area contributed by atoms with Crippen molar-refractivity contribution in [2.45, 2.75) is 39.2 Å². The Kier molecular flexibility index (Phi) is 4.97. The van der Waals surface area contributed by atoms with Gasteiger partial charge in [0, 0.05) is 49.9 Å². The fraction of sp³-hybridized carbons (Fsp3) is 0.348. The van der Waals surface area contributed by atoms with Crippen LogP contribution in [0.2, 0.25) is 0 Å². The maximum Gasteiger partial charge on any atom is 0.257 e. The van der Waals surface area contributed by atoms with Crippen LogP contribution < -0.4 is 0 Å². The Bertz CT molecular complexity index is 1220. The monoisotopic (exact) mass is 415 g/mol. The zero-order valence-corrected chi connectivity index (χ0v) is 17.8. The van der Waals surface area contributed by atoms with Crippen molar-refractivity contribution in [1.29, 1.82) is 0 Å². The third kappa shape index (κ3) is 3.69. The lowest BCUT2D eigenvalue weighted by Gasteiger charge is -2.32. The number of aromatic nitrogens is 6. The molecular formula is C23H25N7O. The standard InChI is InChI=1S/C23H25N7O/c1-16-13-21-26-14-20(17(2)30(21)27-16)23(31)28-10-6-18(7-11-28)22-25-9-12-29(22)15-19-5-3-4-8-24-19/h3-5,8-9,12-14,18H,6-7,10-11,15H2,1-2H3. The quantitative estimate of drug-likeness (QED) is 0.512. The number of hydrogen-bond acceptors (Lipinski definition) is 5. The molecule has 5 rings (SSSR count). The normalized spacial score (nSPS) is 15.0. The first-order valence-corrected chi connectivity index (χ1v) is 10.6. The van der Waals surface area contributed by atoms with Crippen LogP contribution in [0.5, 0.6) is 0 Å². The maximum absolute atomic E-state index is 13.2. The van der Waals surface area contributed by atoms with Gasteiger partial charge in [0.1, 0.15) is 5.82 Å². The Morgan fingerprint density at radius 2 is 1.94 bits per heavy atom. The SMILES string of the molecule is Cc1cc2ncc(C(=O)N3CCC(c4nccn4Cc4ccccn4)CC3)c(C)n2n1. The predicted molar refractivity (Wildman–Crippen MR) is 116 cm³/mol. The maximum atomic E-state index is 13.2. The van der Waals surface area contributed by atoms with E-state index in [1.54, 1.807) is 10.7 Å². The van der Waals surface area contributed by atoms with E-state index in [4.69, 9.17) is 0 Å². The summed E-state index contributed by atoms with van der Waals surface area (Å²) in [6.07, 6.45) is 9.14. The molecule has 31 heavy (non-hydrogen) atoms. The van der Waals surface area contributed by atoms with Gasteiger partial charge in [0.2, 0.25) is 0 Å². The fourth-order valence-electron chi connectivity index (χ4n) is 4.36. The average Bonchev–Trinajstić information content (AvgIpc) is 3.41. The largest absolute Gasteiger partial charge is 0.338 e. The second-order valence-electron chi connectivity index (χ2n) is 8.11. The number of hydrogen-bond donors (Lipinski definition) is 0. The van der Waals surface area contributed by atoms with Gasteiger partial charge in [-0.05, 0) is 38.8 Å². The van der Waals surface area contributed by atoms with E-state index in [0.29, 0.717) is 31.1 Å². The first-order valence-electron chi connectivity index (χ1n) is 10.6. The first-order chi connectivity index (χ1) is 15.1. The molecule has 8 heteroatoms. The summed E-state index contributed by atoms with van der Waals surface area (Å²) in [7, 11) is 0. The lowest BCUT2D eigenvalue weighted by Crippen LogP contribution is -2.39. The van der Waals surface area contributed by atoms with Crippen LogP contribution >= 0.6 is 0 Å². The molecule has 158 valence electrons. The Morgan fingerprint density at radius 1 is 1.10 bits per heavy atom. The van der Waals surface area contributed by atoms with Gasteiger partial charge in [0.15, 0.2) is 5.65 Å². The van der Waals surface area contributed by atoms with Crippen LogP contribution in [0.15, 0.2) is 49.1 Å². The fourth-order valence-corrected chi connectivity index (χ4v) is 4.36. The topological polar surface area (TPSA) is 81.2 Å². The third-order valence-electron chi connectivity index (χ3n) is 6.03. The van der Waals surface area contributed by atoms with Crippen LogP contribution in [-0.2, 0) is 6.54 Å². The van der Waals surface area contributed by atoms with Crippen LogP contribution in [0.1, 0.15) is 52.0 Å². The Hall–Kier alpha value is -3.55. The number of aryl methyl sites for hydroxylation is 2. The van der Waals surface area contributed by atoms with E-state index in [0.717, 1.165) is 41.4 Å². The van der Waals surface area contributed by atoms with Gasteiger partial charge >= 0.3 is 0 Å². The minimum absolute atomic E-state index is 0.0235. The number of rotatable bonds is 4. The van der Waals surface area contributed by atoms with Crippen LogP contribution in [0.25, 0.3) is 5.65 Å². The first kappa shape index (κ1) is 19.4. The van der Waals surface area contributed by atoms with Crippen LogP contribution in [0, 0.1) is 13.8 Å². The van der Waals surface area contributed by atoms with Gasteiger partial charge in [-0.25, -0.2) is 14.5 Å². The smallest absolute Gasteiger partial charge is 0.257 e. The van der Waals surface area contributed by atoms with Crippen molar-refractivity contribution in [3.05, 3.63) is 77.5 Å². The molecule has 1 saturated heterocycles. The van der Waals surface area contributed by atoms with Gasteiger partial charge in [-0.2, -0.15) is 5.10 Å². The molecule has 8 nitrogen and oxygen atoms in total. The van der Waals surface area contributed by atoms with Crippen molar-refractivity contribution in [3.8, 4) is 0 Å². The third-order valence-corrected chi connectivity index (χ3v) is 6.03.